The van der Waals surface area contributed by atoms with E-state index in [0.29, 0.717) is 24.4 Å². The zero-order valence-electron chi connectivity index (χ0n) is 12.8. The summed E-state index contributed by atoms with van der Waals surface area (Å²) in [6, 6.07) is 5.28. The molecule has 116 valence electrons. The van der Waals surface area contributed by atoms with E-state index in [1.807, 2.05) is 20.8 Å². The third kappa shape index (κ3) is 6.65. The van der Waals surface area contributed by atoms with Crippen LogP contribution in [0.1, 0.15) is 37.8 Å². The van der Waals surface area contributed by atoms with Crippen molar-refractivity contribution in [1.82, 2.24) is 0 Å². The van der Waals surface area contributed by atoms with E-state index in [1.54, 1.807) is 18.2 Å². The zero-order chi connectivity index (χ0) is 15.9. The van der Waals surface area contributed by atoms with Crippen molar-refractivity contribution < 1.29 is 13.5 Å². The highest BCUT2D eigenvalue weighted by Crippen LogP contribution is 2.16. The molecule has 0 saturated carbocycles. The van der Waals surface area contributed by atoms with E-state index >= 15 is 0 Å². The van der Waals surface area contributed by atoms with Crippen LogP contribution in [0.4, 0.5) is 5.69 Å². The molecule has 0 radical (unpaired) electrons. The molecule has 0 atom stereocenters. The maximum absolute atomic E-state index is 11.9. The third-order valence-electron chi connectivity index (χ3n) is 2.92. The van der Waals surface area contributed by atoms with Gasteiger partial charge in [0.05, 0.1) is 12.4 Å². The fourth-order valence-electron chi connectivity index (χ4n) is 1.70. The van der Waals surface area contributed by atoms with Crippen LogP contribution in [0, 0.1) is 24.7 Å². The molecule has 1 aromatic rings. The molecule has 0 aliphatic rings. The van der Waals surface area contributed by atoms with E-state index < -0.39 is 10.0 Å². The first-order chi connectivity index (χ1) is 9.84. The normalized spacial score (nSPS) is 11.1. The lowest BCUT2D eigenvalue weighted by molar-refractivity contribution is 0.305. The summed E-state index contributed by atoms with van der Waals surface area (Å²) in [5.74, 6) is 6.29. The first-order valence-corrected chi connectivity index (χ1v) is 8.70. The number of aliphatic hydroxyl groups is 1. The van der Waals surface area contributed by atoms with Crippen molar-refractivity contribution in [3.8, 4) is 11.8 Å². The molecule has 0 aliphatic carbocycles. The second-order valence-corrected chi connectivity index (χ2v) is 7.25. The molecule has 0 saturated heterocycles. The molecule has 21 heavy (non-hydrogen) atoms. The van der Waals surface area contributed by atoms with E-state index in [0.717, 1.165) is 11.1 Å². The van der Waals surface area contributed by atoms with Gasteiger partial charge in [-0.1, -0.05) is 25.7 Å². The van der Waals surface area contributed by atoms with E-state index in [-0.39, 0.29) is 12.4 Å². The Morgan fingerprint density at radius 2 is 2.05 bits per heavy atom. The van der Waals surface area contributed by atoms with Gasteiger partial charge >= 0.3 is 0 Å². The van der Waals surface area contributed by atoms with E-state index in [9.17, 15) is 8.42 Å². The topological polar surface area (TPSA) is 66.4 Å². The minimum absolute atomic E-state index is 0.0415. The van der Waals surface area contributed by atoms with Gasteiger partial charge in [0.25, 0.3) is 0 Å². The molecule has 0 bridgehead atoms. The second-order valence-electron chi connectivity index (χ2n) is 5.41. The smallest absolute Gasteiger partial charge is 0.232 e. The van der Waals surface area contributed by atoms with Crippen LogP contribution in [-0.4, -0.2) is 25.9 Å². The highest BCUT2D eigenvalue weighted by atomic mass is 32.2. The van der Waals surface area contributed by atoms with Crippen LogP contribution in [0.25, 0.3) is 0 Å². The Balaban J connectivity index is 2.78. The van der Waals surface area contributed by atoms with Crippen LogP contribution in [0.3, 0.4) is 0 Å². The number of anilines is 1. The average molecular weight is 309 g/mol. The number of sulfonamides is 1. The fourth-order valence-corrected chi connectivity index (χ4v) is 3.07. The van der Waals surface area contributed by atoms with E-state index in [2.05, 4.69) is 16.6 Å². The van der Waals surface area contributed by atoms with Gasteiger partial charge in [-0.05, 0) is 43.0 Å². The van der Waals surface area contributed by atoms with Gasteiger partial charge in [0.15, 0.2) is 0 Å². The Bertz CT molecular complexity index is 625. The quantitative estimate of drug-likeness (QED) is 0.794. The molecule has 0 fully saturated rings. The maximum Gasteiger partial charge on any atom is 0.232 e. The predicted octanol–water partition coefficient (Wildman–Crippen LogP) is 2.52. The van der Waals surface area contributed by atoms with Crippen LogP contribution < -0.4 is 4.72 Å². The summed E-state index contributed by atoms with van der Waals surface area (Å²) in [5.41, 5.74) is 2.31. The Labute approximate surface area is 127 Å². The second kappa shape index (κ2) is 8.06. The molecule has 4 nitrogen and oxygen atoms in total. The number of rotatable bonds is 6. The lowest BCUT2D eigenvalue weighted by Crippen LogP contribution is -2.18. The van der Waals surface area contributed by atoms with Gasteiger partial charge in [0, 0.05) is 17.7 Å². The largest absolute Gasteiger partial charge is 0.395 e. The van der Waals surface area contributed by atoms with Gasteiger partial charge < -0.3 is 5.11 Å². The van der Waals surface area contributed by atoms with Gasteiger partial charge in [-0.15, -0.1) is 0 Å². The Morgan fingerprint density at radius 3 is 2.62 bits per heavy atom. The molecule has 1 aromatic carbocycles. The summed E-state index contributed by atoms with van der Waals surface area (Å²) in [6.07, 6.45) is 1.07. The van der Waals surface area contributed by atoms with Crippen molar-refractivity contribution in [1.29, 1.82) is 0 Å². The van der Waals surface area contributed by atoms with Gasteiger partial charge in [0.2, 0.25) is 10.0 Å². The van der Waals surface area contributed by atoms with Crippen molar-refractivity contribution >= 4 is 15.7 Å². The molecule has 0 unspecified atom stereocenters. The van der Waals surface area contributed by atoms with E-state index in [4.69, 9.17) is 5.11 Å². The molecule has 0 amide bonds. The summed E-state index contributed by atoms with van der Waals surface area (Å²) < 4.78 is 26.5. The molecule has 5 heteroatoms. The number of aliphatic hydroxyl groups excluding tert-OH is 1. The molecule has 0 aromatic heterocycles. The maximum atomic E-state index is 11.9. The number of nitrogens with one attached hydrogen (secondary N) is 1. The molecule has 1 rings (SSSR count). The van der Waals surface area contributed by atoms with Crippen LogP contribution in [0.5, 0.6) is 0 Å². The van der Waals surface area contributed by atoms with Crippen LogP contribution in [0.15, 0.2) is 18.2 Å². The van der Waals surface area contributed by atoms with Crippen molar-refractivity contribution in [2.45, 2.75) is 33.6 Å². The van der Waals surface area contributed by atoms with Crippen molar-refractivity contribution in [3.05, 3.63) is 29.3 Å². The Kier molecular flexibility index (Phi) is 6.73. The predicted molar refractivity (Wildman–Crippen MR) is 86.6 cm³/mol. The summed E-state index contributed by atoms with van der Waals surface area (Å²) in [4.78, 5) is 0. The number of hydrogen-bond acceptors (Lipinski definition) is 3. The molecular weight excluding hydrogens is 286 g/mol. The Hall–Kier alpha value is -1.51. The van der Waals surface area contributed by atoms with Gasteiger partial charge in [-0.3, -0.25) is 4.72 Å². The first-order valence-electron chi connectivity index (χ1n) is 7.05. The van der Waals surface area contributed by atoms with Crippen molar-refractivity contribution in [3.63, 3.8) is 0 Å². The van der Waals surface area contributed by atoms with Crippen LogP contribution >= 0.6 is 0 Å². The first kappa shape index (κ1) is 17.5. The SMILES string of the molecule is Cc1cc(NS(=O)(=O)CCC(C)C)ccc1C#CCCO. The van der Waals surface area contributed by atoms with E-state index in [1.165, 1.54) is 0 Å². The summed E-state index contributed by atoms with van der Waals surface area (Å²) in [7, 11) is -3.30. The molecular formula is C16H23NO3S. The number of aryl methyl sites for hydroxylation is 1. The van der Waals surface area contributed by atoms with Crippen LogP contribution in [0.2, 0.25) is 0 Å². The zero-order valence-corrected chi connectivity index (χ0v) is 13.6. The fraction of sp³-hybridized carbons (Fsp3) is 0.500. The molecule has 0 heterocycles. The monoisotopic (exact) mass is 309 g/mol. The number of benzene rings is 1. The summed E-state index contributed by atoms with van der Waals surface area (Å²) in [5, 5.41) is 8.70. The minimum Gasteiger partial charge on any atom is -0.395 e. The standard InChI is InChI=1S/C16H23NO3S/c1-13(2)9-11-21(19,20)17-16-8-7-15(14(3)12-16)6-4-5-10-18/h7-8,12-13,17-18H,5,9-11H2,1-3H3. The average Bonchev–Trinajstić information content (AvgIpc) is 2.39. The van der Waals surface area contributed by atoms with Crippen LogP contribution in [-0.2, 0) is 10.0 Å². The number of hydrogen-bond donors (Lipinski definition) is 2. The highest BCUT2D eigenvalue weighted by Gasteiger charge is 2.11. The summed E-state index contributed by atoms with van der Waals surface area (Å²) >= 11 is 0. The lowest BCUT2D eigenvalue weighted by atomic mass is 10.1. The minimum atomic E-state index is -3.30. The molecule has 2 N–H and O–H groups in total. The van der Waals surface area contributed by atoms with Gasteiger partial charge in [0.1, 0.15) is 0 Å². The highest BCUT2D eigenvalue weighted by molar-refractivity contribution is 7.92. The van der Waals surface area contributed by atoms with Gasteiger partial charge in [-0.25, -0.2) is 8.42 Å². The van der Waals surface area contributed by atoms with Gasteiger partial charge in [-0.2, -0.15) is 0 Å². The summed E-state index contributed by atoms with van der Waals surface area (Å²) in [6.45, 7) is 5.92. The van der Waals surface area contributed by atoms with Crippen molar-refractivity contribution in [2.75, 3.05) is 17.1 Å². The molecule has 0 spiro atoms. The third-order valence-corrected chi connectivity index (χ3v) is 4.24. The lowest BCUT2D eigenvalue weighted by Gasteiger charge is -2.10. The Morgan fingerprint density at radius 1 is 1.33 bits per heavy atom. The molecule has 0 aliphatic heterocycles. The van der Waals surface area contributed by atoms with Crippen molar-refractivity contribution in [2.24, 2.45) is 5.92 Å².